The molecular weight excluding hydrogens is 408 g/mol. The number of anilines is 2. The van der Waals surface area contributed by atoms with Gasteiger partial charge in [0.25, 0.3) is 0 Å². The van der Waals surface area contributed by atoms with Crippen molar-refractivity contribution in [3.8, 4) is 11.5 Å². The Bertz CT molecular complexity index is 1100. The molecule has 1 N–H and O–H groups in total. The quantitative estimate of drug-likeness (QED) is 0.620. The Labute approximate surface area is 176 Å². The molecule has 1 fully saturated rings. The summed E-state index contributed by atoms with van der Waals surface area (Å²) in [6.45, 7) is 1.46. The molecule has 1 aromatic carbocycles. The van der Waals surface area contributed by atoms with Gasteiger partial charge in [-0.05, 0) is 0 Å². The predicted octanol–water partition coefficient (Wildman–Crippen LogP) is 1.10. The van der Waals surface area contributed by atoms with Crippen molar-refractivity contribution in [3.05, 3.63) is 41.1 Å². The van der Waals surface area contributed by atoms with E-state index in [0.29, 0.717) is 28.7 Å². The van der Waals surface area contributed by atoms with E-state index < -0.39 is 5.69 Å². The number of ether oxygens (including phenoxy) is 2. The van der Waals surface area contributed by atoms with Gasteiger partial charge in [0.05, 0.1) is 14.2 Å². The van der Waals surface area contributed by atoms with Gasteiger partial charge in [-0.1, -0.05) is 0 Å². The van der Waals surface area contributed by atoms with Gasteiger partial charge in [0.15, 0.2) is 5.82 Å². The van der Waals surface area contributed by atoms with Gasteiger partial charge in [0, 0.05) is 60.9 Å². The number of hydrogen-bond acceptors (Lipinski definition) is 8. The molecule has 158 valence electrons. The SMILES string of the molecule is COc1cc(NC(=O)Cn2nc3c(N4CCSCC4)nccn3c2=O)cc(OC)c1. The lowest BCUT2D eigenvalue weighted by Gasteiger charge is -2.27. The first kappa shape index (κ1) is 20.1. The minimum absolute atomic E-state index is 0.227. The monoisotopic (exact) mass is 430 g/mol. The molecule has 0 bridgehead atoms. The maximum atomic E-state index is 12.7. The Morgan fingerprint density at radius 1 is 1.17 bits per heavy atom. The predicted molar refractivity (Wildman–Crippen MR) is 115 cm³/mol. The third-order valence-electron chi connectivity index (χ3n) is 4.72. The molecule has 0 aliphatic carbocycles. The van der Waals surface area contributed by atoms with Crippen LogP contribution in [0.1, 0.15) is 0 Å². The van der Waals surface area contributed by atoms with E-state index in [4.69, 9.17) is 9.47 Å². The number of aromatic nitrogens is 4. The molecule has 4 rings (SSSR count). The molecule has 0 unspecified atom stereocenters. The van der Waals surface area contributed by atoms with Crippen LogP contribution in [0.4, 0.5) is 11.5 Å². The van der Waals surface area contributed by atoms with Crippen LogP contribution in [-0.2, 0) is 11.3 Å². The van der Waals surface area contributed by atoms with Crippen LogP contribution in [0.2, 0.25) is 0 Å². The molecule has 3 heterocycles. The van der Waals surface area contributed by atoms with E-state index in [1.807, 2.05) is 11.8 Å². The molecule has 1 saturated heterocycles. The zero-order valence-electron chi connectivity index (χ0n) is 16.7. The number of carbonyl (C=O) groups excluding carboxylic acids is 1. The summed E-state index contributed by atoms with van der Waals surface area (Å²) >= 11 is 1.89. The number of methoxy groups -OCH3 is 2. The number of rotatable bonds is 6. The second kappa shape index (κ2) is 8.66. The van der Waals surface area contributed by atoms with Gasteiger partial charge in [-0.2, -0.15) is 11.8 Å². The maximum absolute atomic E-state index is 12.7. The Morgan fingerprint density at radius 2 is 1.87 bits per heavy atom. The van der Waals surface area contributed by atoms with Crippen molar-refractivity contribution in [2.75, 3.05) is 49.0 Å². The topological polar surface area (TPSA) is 103 Å². The molecule has 0 radical (unpaired) electrons. The van der Waals surface area contributed by atoms with E-state index in [1.165, 1.54) is 18.6 Å². The van der Waals surface area contributed by atoms with Crippen LogP contribution in [0, 0.1) is 0 Å². The van der Waals surface area contributed by atoms with Crippen molar-refractivity contribution in [3.63, 3.8) is 0 Å². The molecule has 0 spiro atoms. The van der Waals surface area contributed by atoms with Crippen LogP contribution in [0.3, 0.4) is 0 Å². The minimum Gasteiger partial charge on any atom is -0.497 e. The fourth-order valence-electron chi connectivity index (χ4n) is 3.25. The van der Waals surface area contributed by atoms with Gasteiger partial charge in [-0.15, -0.1) is 5.10 Å². The van der Waals surface area contributed by atoms with Gasteiger partial charge in [-0.3, -0.25) is 4.79 Å². The van der Waals surface area contributed by atoms with E-state index in [1.54, 1.807) is 30.6 Å². The molecule has 1 aliphatic rings. The van der Waals surface area contributed by atoms with E-state index in [-0.39, 0.29) is 12.5 Å². The van der Waals surface area contributed by atoms with E-state index >= 15 is 0 Å². The first-order valence-electron chi connectivity index (χ1n) is 9.39. The lowest BCUT2D eigenvalue weighted by Crippen LogP contribution is -2.33. The maximum Gasteiger partial charge on any atom is 0.350 e. The number of amides is 1. The summed E-state index contributed by atoms with van der Waals surface area (Å²) < 4.78 is 13.0. The normalized spacial score (nSPS) is 14.0. The first-order valence-corrected chi connectivity index (χ1v) is 10.5. The third kappa shape index (κ3) is 4.06. The van der Waals surface area contributed by atoms with E-state index in [9.17, 15) is 9.59 Å². The van der Waals surface area contributed by atoms with Crippen LogP contribution in [-0.4, -0.2) is 63.9 Å². The van der Waals surface area contributed by atoms with Crippen molar-refractivity contribution >= 4 is 34.8 Å². The van der Waals surface area contributed by atoms with Gasteiger partial charge in [-0.25, -0.2) is 18.9 Å². The lowest BCUT2D eigenvalue weighted by atomic mass is 10.2. The second-order valence-corrected chi connectivity index (χ2v) is 7.86. The number of fused-ring (bicyclic) bond motifs is 1. The minimum atomic E-state index is -0.390. The number of thioether (sulfide) groups is 1. The summed E-state index contributed by atoms with van der Waals surface area (Å²) in [7, 11) is 3.06. The highest BCUT2D eigenvalue weighted by Gasteiger charge is 2.20. The highest BCUT2D eigenvalue weighted by atomic mass is 32.2. The molecule has 10 nitrogen and oxygen atoms in total. The molecule has 30 heavy (non-hydrogen) atoms. The molecule has 3 aromatic rings. The van der Waals surface area contributed by atoms with Crippen molar-refractivity contribution in [2.45, 2.75) is 6.54 Å². The van der Waals surface area contributed by atoms with Crippen molar-refractivity contribution in [1.82, 2.24) is 19.2 Å². The molecule has 0 saturated carbocycles. The number of nitrogens with one attached hydrogen (secondary N) is 1. The molecule has 11 heteroatoms. The first-order chi connectivity index (χ1) is 14.6. The summed E-state index contributed by atoms with van der Waals surface area (Å²) in [6, 6.07) is 5.04. The van der Waals surface area contributed by atoms with Crippen LogP contribution >= 0.6 is 11.8 Å². The van der Waals surface area contributed by atoms with Crippen LogP contribution in [0.15, 0.2) is 35.4 Å². The van der Waals surface area contributed by atoms with Crippen LogP contribution in [0.5, 0.6) is 11.5 Å². The van der Waals surface area contributed by atoms with Gasteiger partial charge < -0.3 is 19.7 Å². The number of nitrogens with zero attached hydrogens (tertiary/aromatic N) is 5. The Morgan fingerprint density at radius 3 is 2.53 bits per heavy atom. The smallest absolute Gasteiger partial charge is 0.350 e. The Balaban J connectivity index is 1.57. The van der Waals surface area contributed by atoms with Gasteiger partial charge >= 0.3 is 5.69 Å². The lowest BCUT2D eigenvalue weighted by molar-refractivity contribution is -0.117. The number of carbonyl (C=O) groups is 1. The van der Waals surface area contributed by atoms with Crippen molar-refractivity contribution < 1.29 is 14.3 Å². The number of benzene rings is 1. The zero-order chi connectivity index (χ0) is 21.1. The fraction of sp³-hybridized carbons (Fsp3) is 0.368. The Kier molecular flexibility index (Phi) is 5.79. The molecular formula is C19H22N6O4S. The van der Waals surface area contributed by atoms with E-state index in [2.05, 4.69) is 20.3 Å². The highest BCUT2D eigenvalue weighted by Crippen LogP contribution is 2.25. The third-order valence-corrected chi connectivity index (χ3v) is 5.66. The largest absolute Gasteiger partial charge is 0.497 e. The molecule has 0 atom stereocenters. The summed E-state index contributed by atoms with van der Waals surface area (Å²) in [5, 5.41) is 7.14. The molecule has 2 aromatic heterocycles. The van der Waals surface area contributed by atoms with Gasteiger partial charge in [0.2, 0.25) is 11.6 Å². The number of hydrogen-bond donors (Lipinski definition) is 1. The van der Waals surface area contributed by atoms with Crippen molar-refractivity contribution in [1.29, 1.82) is 0 Å². The summed E-state index contributed by atoms with van der Waals surface area (Å²) in [4.78, 5) is 31.9. The highest BCUT2D eigenvalue weighted by molar-refractivity contribution is 7.99. The molecule has 1 amide bonds. The van der Waals surface area contributed by atoms with Crippen LogP contribution < -0.4 is 25.4 Å². The van der Waals surface area contributed by atoms with E-state index in [0.717, 1.165) is 29.3 Å². The second-order valence-electron chi connectivity index (χ2n) is 6.63. The van der Waals surface area contributed by atoms with Crippen molar-refractivity contribution in [2.24, 2.45) is 0 Å². The molecule has 1 aliphatic heterocycles. The van der Waals surface area contributed by atoms with Gasteiger partial charge in [0.1, 0.15) is 18.0 Å². The Hall–Kier alpha value is -3.21. The van der Waals surface area contributed by atoms with Crippen LogP contribution in [0.25, 0.3) is 5.65 Å². The average Bonchev–Trinajstić information content (AvgIpc) is 3.09. The summed E-state index contributed by atoms with van der Waals surface area (Å²) in [5.41, 5.74) is 0.560. The standard InChI is InChI=1S/C19H22N6O4S/c1-28-14-9-13(10-15(11-14)29-2)21-16(26)12-25-19(27)24-4-3-20-17(18(24)22-25)23-5-7-30-8-6-23/h3-4,9-11H,5-8,12H2,1-2H3,(H,21,26). The summed E-state index contributed by atoms with van der Waals surface area (Å²) in [6.07, 6.45) is 3.15. The fourth-order valence-corrected chi connectivity index (χ4v) is 4.16. The zero-order valence-corrected chi connectivity index (χ0v) is 17.5. The average molecular weight is 430 g/mol. The summed E-state index contributed by atoms with van der Waals surface area (Å²) in [5.74, 6) is 3.36.